The fourth-order valence-corrected chi connectivity index (χ4v) is 5.47. The summed E-state index contributed by atoms with van der Waals surface area (Å²) in [7, 11) is -1.99. The number of sulfonamides is 1. The Labute approximate surface area is 160 Å². The Hall–Kier alpha value is -1.15. The number of nitrogens with zero attached hydrogens (tertiary/aromatic N) is 2. The molecule has 1 unspecified atom stereocenters. The van der Waals surface area contributed by atoms with Crippen LogP contribution in [0.2, 0.25) is 5.02 Å². The van der Waals surface area contributed by atoms with Crippen molar-refractivity contribution in [1.29, 1.82) is 0 Å². The second-order valence-corrected chi connectivity index (χ2v) is 9.21. The van der Waals surface area contributed by atoms with Crippen LogP contribution in [0.25, 0.3) is 0 Å². The number of halogens is 1. The highest BCUT2D eigenvalue weighted by Gasteiger charge is 2.30. The summed E-state index contributed by atoms with van der Waals surface area (Å²) in [5.41, 5.74) is 0.331. The first-order valence-corrected chi connectivity index (χ1v) is 10.9. The van der Waals surface area contributed by atoms with Gasteiger partial charge in [-0.2, -0.15) is 4.31 Å². The average molecular weight is 401 g/mol. The fraction of sp³-hybridized carbons (Fsp3) is 0.611. The third-order valence-electron chi connectivity index (χ3n) is 5.13. The van der Waals surface area contributed by atoms with E-state index >= 15 is 0 Å². The van der Waals surface area contributed by atoms with E-state index in [-0.39, 0.29) is 21.9 Å². The van der Waals surface area contributed by atoms with Gasteiger partial charge in [-0.15, -0.1) is 0 Å². The van der Waals surface area contributed by atoms with Crippen LogP contribution in [-0.2, 0) is 14.8 Å². The predicted molar refractivity (Wildman–Crippen MR) is 100.0 cm³/mol. The molecule has 0 spiro atoms. The Morgan fingerprint density at radius 3 is 2.54 bits per heavy atom. The lowest BCUT2D eigenvalue weighted by atomic mass is 10.1. The van der Waals surface area contributed by atoms with Gasteiger partial charge in [0.25, 0.3) is 5.91 Å². The maximum absolute atomic E-state index is 13.1. The largest absolute Gasteiger partial charge is 0.379 e. The molecule has 8 heteroatoms. The molecule has 26 heavy (non-hydrogen) atoms. The first-order valence-electron chi connectivity index (χ1n) is 9.06. The maximum Gasteiger partial charge on any atom is 0.253 e. The summed E-state index contributed by atoms with van der Waals surface area (Å²) >= 11 is 6.20. The highest BCUT2D eigenvalue weighted by Crippen LogP contribution is 2.28. The van der Waals surface area contributed by atoms with E-state index < -0.39 is 10.0 Å². The zero-order chi connectivity index (χ0) is 18.7. The number of benzene rings is 1. The van der Waals surface area contributed by atoms with Crippen molar-refractivity contribution in [2.24, 2.45) is 0 Å². The number of amides is 1. The second kappa shape index (κ2) is 8.25. The lowest BCUT2D eigenvalue weighted by molar-refractivity contribution is 0.0711. The summed E-state index contributed by atoms with van der Waals surface area (Å²) in [6.07, 6.45) is 4.55. The average Bonchev–Trinajstić information content (AvgIpc) is 3.02. The highest BCUT2D eigenvalue weighted by atomic mass is 35.5. The van der Waals surface area contributed by atoms with E-state index in [0.717, 1.165) is 32.1 Å². The Morgan fingerprint density at radius 1 is 1.23 bits per heavy atom. The molecule has 0 radical (unpaired) electrons. The molecule has 2 heterocycles. The number of hydrogen-bond donors (Lipinski definition) is 0. The van der Waals surface area contributed by atoms with Gasteiger partial charge in [0.1, 0.15) is 4.90 Å². The normalized spacial score (nSPS) is 22.2. The number of likely N-dealkylation sites (N-methyl/N-ethyl adjacent to an activating group) is 1. The van der Waals surface area contributed by atoms with Gasteiger partial charge >= 0.3 is 0 Å². The van der Waals surface area contributed by atoms with Gasteiger partial charge in [-0.05, 0) is 37.5 Å². The van der Waals surface area contributed by atoms with Crippen LogP contribution in [0, 0.1) is 0 Å². The van der Waals surface area contributed by atoms with Gasteiger partial charge in [-0.25, -0.2) is 8.42 Å². The predicted octanol–water partition coefficient (Wildman–Crippen LogP) is 2.77. The van der Waals surface area contributed by atoms with Crippen molar-refractivity contribution in [3.8, 4) is 0 Å². The topological polar surface area (TPSA) is 66.9 Å². The monoisotopic (exact) mass is 400 g/mol. The molecule has 144 valence electrons. The van der Waals surface area contributed by atoms with E-state index in [1.807, 2.05) is 0 Å². The number of hydrogen-bond acceptors (Lipinski definition) is 4. The minimum absolute atomic E-state index is 0.0167. The molecular formula is C18H25ClN2O4S. The molecule has 1 atom stereocenters. The van der Waals surface area contributed by atoms with E-state index in [1.54, 1.807) is 18.0 Å². The standard InChI is InChI=1S/C18H25ClN2O4S/c1-20(15-8-11-25-13-15)18(22)14-6-7-16(19)17(12-14)26(23,24)21-9-4-2-3-5-10-21/h6-7,12,15H,2-5,8-11,13H2,1H3. The quantitative estimate of drug-likeness (QED) is 0.779. The summed E-state index contributed by atoms with van der Waals surface area (Å²) in [4.78, 5) is 14.4. The highest BCUT2D eigenvalue weighted by molar-refractivity contribution is 7.89. The van der Waals surface area contributed by atoms with Crippen LogP contribution in [0.5, 0.6) is 0 Å². The van der Waals surface area contributed by atoms with Gasteiger partial charge in [0.05, 0.1) is 17.7 Å². The van der Waals surface area contributed by atoms with E-state index in [1.165, 1.54) is 16.4 Å². The van der Waals surface area contributed by atoms with Crippen molar-refractivity contribution in [3.05, 3.63) is 28.8 Å². The Morgan fingerprint density at radius 2 is 1.92 bits per heavy atom. The van der Waals surface area contributed by atoms with E-state index in [9.17, 15) is 13.2 Å². The molecular weight excluding hydrogens is 376 g/mol. The van der Waals surface area contributed by atoms with Crippen LogP contribution in [-0.4, -0.2) is 62.9 Å². The van der Waals surface area contributed by atoms with Gasteiger partial charge in [0.15, 0.2) is 0 Å². The molecule has 2 fully saturated rings. The van der Waals surface area contributed by atoms with Crippen LogP contribution in [0.15, 0.2) is 23.1 Å². The third-order valence-corrected chi connectivity index (χ3v) is 7.51. The fourth-order valence-electron chi connectivity index (χ4n) is 3.45. The summed E-state index contributed by atoms with van der Waals surface area (Å²) in [5, 5.41) is 0.151. The van der Waals surface area contributed by atoms with Crippen molar-refractivity contribution in [3.63, 3.8) is 0 Å². The minimum atomic E-state index is -3.71. The Kier molecular flexibility index (Phi) is 6.22. The van der Waals surface area contributed by atoms with Gasteiger partial charge in [-0.1, -0.05) is 24.4 Å². The van der Waals surface area contributed by atoms with Crippen molar-refractivity contribution < 1.29 is 17.9 Å². The maximum atomic E-state index is 13.1. The molecule has 1 amide bonds. The van der Waals surface area contributed by atoms with Crippen LogP contribution in [0.4, 0.5) is 0 Å². The molecule has 2 aliphatic heterocycles. The molecule has 0 N–H and O–H groups in total. The van der Waals surface area contributed by atoms with Crippen molar-refractivity contribution in [1.82, 2.24) is 9.21 Å². The number of rotatable bonds is 4. The SMILES string of the molecule is CN(C(=O)c1ccc(Cl)c(S(=O)(=O)N2CCCCCC2)c1)C1CCOC1. The molecule has 0 aliphatic carbocycles. The van der Waals surface area contributed by atoms with Crippen molar-refractivity contribution >= 4 is 27.5 Å². The Bertz CT molecular complexity index is 754. The Balaban J connectivity index is 1.88. The first-order chi connectivity index (χ1) is 12.4. The molecule has 0 bridgehead atoms. The van der Waals surface area contributed by atoms with Crippen LogP contribution >= 0.6 is 11.6 Å². The summed E-state index contributed by atoms with van der Waals surface area (Å²) in [6, 6.07) is 4.51. The minimum Gasteiger partial charge on any atom is -0.379 e. The van der Waals surface area contributed by atoms with Crippen LogP contribution in [0.3, 0.4) is 0 Å². The number of carbonyl (C=O) groups is 1. The number of carbonyl (C=O) groups excluding carboxylic acids is 1. The number of ether oxygens (including phenoxy) is 1. The molecule has 6 nitrogen and oxygen atoms in total. The molecule has 0 aromatic heterocycles. The summed E-state index contributed by atoms with van der Waals surface area (Å²) in [6.45, 7) is 2.14. The lowest BCUT2D eigenvalue weighted by Gasteiger charge is -2.24. The van der Waals surface area contributed by atoms with Gasteiger partial charge in [0.2, 0.25) is 10.0 Å². The molecule has 2 aliphatic rings. The van der Waals surface area contributed by atoms with Crippen LogP contribution < -0.4 is 0 Å². The molecule has 2 saturated heterocycles. The zero-order valence-corrected chi connectivity index (χ0v) is 16.6. The van der Waals surface area contributed by atoms with Gasteiger partial charge in [-0.3, -0.25) is 4.79 Å². The molecule has 1 aromatic rings. The summed E-state index contributed by atoms with van der Waals surface area (Å²) < 4.78 is 32.9. The second-order valence-electron chi connectivity index (χ2n) is 6.90. The van der Waals surface area contributed by atoms with Gasteiger partial charge < -0.3 is 9.64 Å². The third kappa shape index (κ3) is 4.06. The smallest absolute Gasteiger partial charge is 0.253 e. The van der Waals surface area contributed by atoms with E-state index in [0.29, 0.717) is 31.9 Å². The molecule has 0 saturated carbocycles. The molecule has 1 aromatic carbocycles. The van der Waals surface area contributed by atoms with E-state index in [2.05, 4.69) is 0 Å². The molecule has 3 rings (SSSR count). The summed E-state index contributed by atoms with van der Waals surface area (Å²) in [5.74, 6) is -0.218. The van der Waals surface area contributed by atoms with Gasteiger partial charge in [0, 0.05) is 32.3 Å². The first kappa shape index (κ1) is 19.6. The zero-order valence-electron chi connectivity index (χ0n) is 15.0. The van der Waals surface area contributed by atoms with Crippen molar-refractivity contribution in [2.45, 2.75) is 43.0 Å². The lowest BCUT2D eigenvalue weighted by Crippen LogP contribution is -2.37. The van der Waals surface area contributed by atoms with E-state index in [4.69, 9.17) is 16.3 Å². The van der Waals surface area contributed by atoms with Crippen LogP contribution in [0.1, 0.15) is 42.5 Å². The van der Waals surface area contributed by atoms with Crippen molar-refractivity contribution in [2.75, 3.05) is 33.4 Å².